The summed E-state index contributed by atoms with van der Waals surface area (Å²) < 4.78 is 33.3. The molecule has 0 amide bonds. The molecule has 0 atom stereocenters. The van der Waals surface area contributed by atoms with E-state index >= 15 is 0 Å². The highest BCUT2D eigenvalue weighted by atomic mass is 32.2. The fourth-order valence-electron chi connectivity index (χ4n) is 2.33. The first-order valence-corrected chi connectivity index (χ1v) is 9.39. The van der Waals surface area contributed by atoms with E-state index in [9.17, 15) is 13.2 Å². The maximum atomic E-state index is 12.5. The van der Waals surface area contributed by atoms with Crippen LogP contribution < -0.4 is 9.46 Å². The van der Waals surface area contributed by atoms with E-state index in [0.29, 0.717) is 22.7 Å². The molecule has 0 saturated heterocycles. The van der Waals surface area contributed by atoms with E-state index in [0.717, 1.165) is 0 Å². The molecular weight excluding hydrogens is 350 g/mol. The number of carbonyl (C=O) groups is 1. The highest BCUT2D eigenvalue weighted by Crippen LogP contribution is 2.25. The largest absolute Gasteiger partial charge is 0.457 e. The van der Waals surface area contributed by atoms with Gasteiger partial charge in [-0.1, -0.05) is 36.4 Å². The monoisotopic (exact) mass is 367 g/mol. The minimum atomic E-state index is -3.76. The number of rotatable bonds is 6. The zero-order valence-corrected chi connectivity index (χ0v) is 14.9. The van der Waals surface area contributed by atoms with Crippen molar-refractivity contribution in [3.63, 3.8) is 0 Å². The summed E-state index contributed by atoms with van der Waals surface area (Å²) in [5, 5.41) is 0. The van der Waals surface area contributed by atoms with E-state index in [4.69, 9.17) is 4.74 Å². The molecular formula is C20H17NO4S. The minimum Gasteiger partial charge on any atom is -0.457 e. The van der Waals surface area contributed by atoms with Crippen molar-refractivity contribution in [3.8, 4) is 11.5 Å². The van der Waals surface area contributed by atoms with Gasteiger partial charge in [-0.25, -0.2) is 8.42 Å². The Hall–Kier alpha value is -3.12. The molecule has 0 fully saturated rings. The van der Waals surface area contributed by atoms with Crippen LogP contribution in [-0.2, 0) is 10.0 Å². The van der Waals surface area contributed by atoms with Gasteiger partial charge < -0.3 is 4.74 Å². The number of benzene rings is 3. The normalized spacial score (nSPS) is 11.0. The second-order valence-electron chi connectivity index (χ2n) is 5.63. The van der Waals surface area contributed by atoms with Gasteiger partial charge in [-0.2, -0.15) is 0 Å². The molecule has 0 aliphatic heterocycles. The highest BCUT2D eigenvalue weighted by Gasteiger charge is 2.15. The molecule has 3 rings (SSSR count). The summed E-state index contributed by atoms with van der Waals surface area (Å²) in [7, 11) is -3.76. The highest BCUT2D eigenvalue weighted by molar-refractivity contribution is 7.92. The van der Waals surface area contributed by atoms with Gasteiger partial charge in [-0.05, 0) is 43.3 Å². The third-order valence-electron chi connectivity index (χ3n) is 3.64. The number of hydrogen-bond acceptors (Lipinski definition) is 4. The maximum absolute atomic E-state index is 12.5. The van der Waals surface area contributed by atoms with Crippen LogP contribution in [0.2, 0.25) is 0 Å². The van der Waals surface area contributed by atoms with Crippen molar-refractivity contribution in [2.24, 2.45) is 0 Å². The molecule has 0 bridgehead atoms. The van der Waals surface area contributed by atoms with Crippen molar-refractivity contribution >= 4 is 21.5 Å². The summed E-state index contributed by atoms with van der Waals surface area (Å²) >= 11 is 0. The number of ether oxygens (including phenoxy) is 1. The lowest BCUT2D eigenvalue weighted by atomic mass is 10.2. The smallest absolute Gasteiger partial charge is 0.261 e. The lowest BCUT2D eigenvalue weighted by Gasteiger charge is -2.10. The van der Waals surface area contributed by atoms with Gasteiger partial charge in [0, 0.05) is 11.6 Å². The third kappa shape index (κ3) is 4.29. The van der Waals surface area contributed by atoms with Crippen molar-refractivity contribution in [1.29, 1.82) is 0 Å². The zero-order chi connectivity index (χ0) is 18.6. The van der Waals surface area contributed by atoms with Crippen molar-refractivity contribution in [2.75, 3.05) is 4.72 Å². The number of nitrogens with one attached hydrogen (secondary N) is 1. The fourth-order valence-corrected chi connectivity index (χ4v) is 3.38. The molecule has 0 unspecified atom stereocenters. The van der Waals surface area contributed by atoms with Gasteiger partial charge in [0.2, 0.25) is 0 Å². The molecule has 0 aliphatic rings. The van der Waals surface area contributed by atoms with Crippen LogP contribution in [0.5, 0.6) is 11.5 Å². The van der Waals surface area contributed by atoms with Gasteiger partial charge in [-0.15, -0.1) is 0 Å². The molecule has 0 heterocycles. The van der Waals surface area contributed by atoms with E-state index in [1.54, 1.807) is 24.3 Å². The van der Waals surface area contributed by atoms with Gasteiger partial charge in [0.1, 0.15) is 11.5 Å². The van der Waals surface area contributed by atoms with E-state index in [-0.39, 0.29) is 10.7 Å². The van der Waals surface area contributed by atoms with Crippen LogP contribution in [0, 0.1) is 0 Å². The van der Waals surface area contributed by atoms with Crippen LogP contribution in [0.3, 0.4) is 0 Å². The summed E-state index contributed by atoms with van der Waals surface area (Å²) in [5.74, 6) is 1.06. The summed E-state index contributed by atoms with van der Waals surface area (Å²) in [5.41, 5.74) is 0.844. The van der Waals surface area contributed by atoms with Crippen molar-refractivity contribution in [1.82, 2.24) is 0 Å². The maximum Gasteiger partial charge on any atom is 0.261 e. The Bertz CT molecular complexity index is 1010. The standard InChI is InChI=1S/C20H17NO4S/c1-15(22)16-10-12-20(13-11-16)26(23,24)21-17-6-5-9-19(14-17)25-18-7-3-2-4-8-18/h2-14,21H,1H3. The Balaban J connectivity index is 1.79. The topological polar surface area (TPSA) is 72.5 Å². The first-order chi connectivity index (χ1) is 12.4. The summed E-state index contributed by atoms with van der Waals surface area (Å²) in [4.78, 5) is 11.4. The van der Waals surface area contributed by atoms with E-state index < -0.39 is 10.0 Å². The van der Waals surface area contributed by atoms with Gasteiger partial charge in [-0.3, -0.25) is 9.52 Å². The van der Waals surface area contributed by atoms with E-state index in [2.05, 4.69) is 4.72 Å². The summed E-state index contributed by atoms with van der Waals surface area (Å²) in [6, 6.07) is 21.7. The average Bonchev–Trinajstić information content (AvgIpc) is 2.62. The van der Waals surface area contributed by atoms with E-state index in [1.165, 1.54) is 31.2 Å². The number of hydrogen-bond donors (Lipinski definition) is 1. The van der Waals surface area contributed by atoms with E-state index in [1.807, 2.05) is 30.3 Å². The Morgan fingerprint density at radius 3 is 2.15 bits per heavy atom. The second-order valence-corrected chi connectivity index (χ2v) is 7.31. The predicted octanol–water partition coefficient (Wildman–Crippen LogP) is 4.48. The molecule has 0 saturated carbocycles. The number of sulfonamides is 1. The summed E-state index contributed by atoms with van der Waals surface area (Å²) in [6.07, 6.45) is 0. The van der Waals surface area contributed by atoms with Crippen molar-refractivity contribution in [3.05, 3.63) is 84.4 Å². The second kappa shape index (κ2) is 7.41. The van der Waals surface area contributed by atoms with Crippen molar-refractivity contribution < 1.29 is 17.9 Å². The van der Waals surface area contributed by atoms with Crippen LogP contribution in [0.1, 0.15) is 17.3 Å². The molecule has 0 spiro atoms. The minimum absolute atomic E-state index is 0.0804. The molecule has 3 aromatic rings. The van der Waals surface area contributed by atoms with Gasteiger partial charge in [0.15, 0.2) is 5.78 Å². The molecule has 0 aliphatic carbocycles. The summed E-state index contributed by atoms with van der Waals surface area (Å²) in [6.45, 7) is 1.43. The van der Waals surface area contributed by atoms with Crippen LogP contribution in [0.4, 0.5) is 5.69 Å². The van der Waals surface area contributed by atoms with Gasteiger partial charge >= 0.3 is 0 Å². The lowest BCUT2D eigenvalue weighted by Crippen LogP contribution is -2.13. The Morgan fingerprint density at radius 1 is 0.846 bits per heavy atom. The molecule has 6 heteroatoms. The first-order valence-electron chi connectivity index (χ1n) is 7.91. The van der Waals surface area contributed by atoms with Crippen LogP contribution in [0.25, 0.3) is 0 Å². The Kier molecular flexibility index (Phi) is 5.04. The number of para-hydroxylation sites is 1. The molecule has 0 radical (unpaired) electrons. The first kappa shape index (κ1) is 17.7. The number of ketones is 1. The predicted molar refractivity (Wildman–Crippen MR) is 100 cm³/mol. The Morgan fingerprint density at radius 2 is 1.50 bits per heavy atom. The number of anilines is 1. The Labute approximate surface area is 152 Å². The van der Waals surface area contributed by atoms with Crippen LogP contribution in [0.15, 0.2) is 83.8 Å². The molecule has 3 aromatic carbocycles. The van der Waals surface area contributed by atoms with Gasteiger partial charge in [0.25, 0.3) is 10.0 Å². The van der Waals surface area contributed by atoms with Gasteiger partial charge in [0.05, 0.1) is 10.6 Å². The molecule has 132 valence electrons. The average molecular weight is 367 g/mol. The number of Topliss-reactive ketones (excluding diaryl/α,β-unsaturated/α-hetero) is 1. The SMILES string of the molecule is CC(=O)c1ccc(S(=O)(=O)Nc2cccc(Oc3ccccc3)c2)cc1. The molecule has 1 N–H and O–H groups in total. The van der Waals surface area contributed by atoms with Crippen LogP contribution in [-0.4, -0.2) is 14.2 Å². The lowest BCUT2D eigenvalue weighted by molar-refractivity contribution is 0.101. The third-order valence-corrected chi connectivity index (χ3v) is 5.03. The molecule has 5 nitrogen and oxygen atoms in total. The number of carbonyl (C=O) groups excluding carboxylic acids is 1. The van der Waals surface area contributed by atoms with Crippen LogP contribution >= 0.6 is 0 Å². The van der Waals surface area contributed by atoms with Crippen molar-refractivity contribution in [2.45, 2.75) is 11.8 Å². The molecule has 26 heavy (non-hydrogen) atoms. The zero-order valence-electron chi connectivity index (χ0n) is 14.0. The quantitative estimate of drug-likeness (QED) is 0.652. The fraction of sp³-hybridized carbons (Fsp3) is 0.0500. The molecule has 0 aromatic heterocycles.